The summed E-state index contributed by atoms with van der Waals surface area (Å²) in [5.74, 6) is -6.26. The van der Waals surface area contributed by atoms with Crippen LogP contribution in [0.2, 0.25) is 0 Å². The first-order valence-corrected chi connectivity index (χ1v) is 12.6. The number of guanidine groups is 1. The van der Waals surface area contributed by atoms with Gasteiger partial charge in [0.2, 0.25) is 29.5 Å². The minimum absolute atomic E-state index is 0.0597. The van der Waals surface area contributed by atoms with Crippen molar-refractivity contribution in [3.05, 3.63) is 0 Å². The molecule has 1 rings (SSSR count). The predicted molar refractivity (Wildman–Crippen MR) is 136 cm³/mol. The molecule has 0 aromatic heterocycles. The number of primary amides is 1. The first kappa shape index (κ1) is 32.4. The van der Waals surface area contributed by atoms with Gasteiger partial charge in [-0.05, 0) is 19.8 Å². The quantitative estimate of drug-likeness (QED) is 0.0753. The van der Waals surface area contributed by atoms with Crippen molar-refractivity contribution >= 4 is 53.2 Å². The molecule has 1 aliphatic heterocycles. The molecule has 214 valence electrons. The molecular formula is C20H35N9O8S. The highest BCUT2D eigenvalue weighted by Gasteiger charge is 2.35. The normalized spacial score (nSPS) is 27.8. The van der Waals surface area contributed by atoms with Crippen LogP contribution >= 0.6 is 11.8 Å². The summed E-state index contributed by atoms with van der Waals surface area (Å²) < 4.78 is 0. The summed E-state index contributed by atoms with van der Waals surface area (Å²) in [5, 5.41) is 27.4. The molecular weight excluding hydrogens is 526 g/mol. The third kappa shape index (κ3) is 10.8. The molecule has 1 fully saturated rings. The number of carbonyl (C=O) groups excluding carboxylic acids is 5. The van der Waals surface area contributed by atoms with Crippen molar-refractivity contribution in [3.8, 4) is 0 Å². The van der Waals surface area contributed by atoms with Gasteiger partial charge in [-0.15, -0.1) is 11.8 Å². The zero-order valence-electron chi connectivity index (χ0n) is 20.7. The van der Waals surface area contributed by atoms with E-state index in [9.17, 15) is 39.0 Å². The molecule has 0 spiro atoms. The molecule has 1 aliphatic rings. The highest BCUT2D eigenvalue weighted by atomic mass is 32.2. The number of carbonyl (C=O) groups is 6. The van der Waals surface area contributed by atoms with Crippen LogP contribution in [0.25, 0.3) is 0 Å². The van der Waals surface area contributed by atoms with Crippen molar-refractivity contribution in [1.29, 1.82) is 0 Å². The summed E-state index contributed by atoms with van der Waals surface area (Å²) in [4.78, 5) is 78.2. The maximum Gasteiger partial charge on any atom is 0.318 e. The van der Waals surface area contributed by atoms with E-state index in [0.717, 1.165) is 11.8 Å². The lowest BCUT2D eigenvalue weighted by Crippen LogP contribution is -2.60. The number of amides is 5. The Labute approximate surface area is 222 Å². The lowest BCUT2D eigenvalue weighted by Gasteiger charge is -2.29. The Morgan fingerprint density at radius 1 is 0.974 bits per heavy atom. The van der Waals surface area contributed by atoms with E-state index in [2.05, 4.69) is 26.3 Å². The van der Waals surface area contributed by atoms with Crippen LogP contribution in [0.1, 0.15) is 26.2 Å². The second-order valence-corrected chi connectivity index (χ2v) is 9.64. The first-order chi connectivity index (χ1) is 17.8. The maximum atomic E-state index is 13.1. The topological polar surface area (TPSA) is 307 Å². The van der Waals surface area contributed by atoms with Crippen molar-refractivity contribution < 1.29 is 39.0 Å². The molecule has 6 atom stereocenters. The van der Waals surface area contributed by atoms with Gasteiger partial charge in [0.05, 0.1) is 25.1 Å². The van der Waals surface area contributed by atoms with E-state index in [0.29, 0.717) is 0 Å². The third-order valence-electron chi connectivity index (χ3n) is 5.30. The van der Waals surface area contributed by atoms with E-state index in [4.69, 9.17) is 22.9 Å². The zero-order valence-corrected chi connectivity index (χ0v) is 21.5. The van der Waals surface area contributed by atoms with Gasteiger partial charge in [0.1, 0.15) is 23.4 Å². The molecule has 38 heavy (non-hydrogen) atoms. The fourth-order valence-corrected chi connectivity index (χ4v) is 4.45. The standard InChI is InChI=1S/C20H35N9O8S/c1-8-15(32)28-11(5-13(22)31)17(34)27-10(3-2-4-25-20(23)24)14(19(36)37)38-7-9(21)16(33)29-12(6-30)18(35)26-8/h8-12,14,30H,2-7,21H2,1H3,(H2,22,31)(H,26,35)(H,27,34)(H,28,32)(H,29,33)(H,36,37)(H4,23,24,25)/t8-,9-,10+,11?,12?,14?/m0/s1. The van der Waals surface area contributed by atoms with Gasteiger partial charge in [-0.2, -0.15) is 0 Å². The summed E-state index contributed by atoms with van der Waals surface area (Å²) in [5.41, 5.74) is 21.7. The van der Waals surface area contributed by atoms with Crippen molar-refractivity contribution in [1.82, 2.24) is 21.3 Å². The second-order valence-electron chi connectivity index (χ2n) is 8.47. The van der Waals surface area contributed by atoms with E-state index in [-0.39, 0.29) is 31.1 Å². The summed E-state index contributed by atoms with van der Waals surface area (Å²) in [6.07, 6.45) is -0.317. The van der Waals surface area contributed by atoms with Crippen LogP contribution in [-0.2, 0) is 28.8 Å². The van der Waals surface area contributed by atoms with Gasteiger partial charge in [0.25, 0.3) is 0 Å². The largest absolute Gasteiger partial charge is 0.480 e. The molecule has 0 radical (unpaired) electrons. The third-order valence-corrected chi connectivity index (χ3v) is 6.74. The minimum atomic E-state index is -1.50. The highest BCUT2D eigenvalue weighted by molar-refractivity contribution is 8.00. The number of carboxylic acids is 1. The number of aliphatic imine (C=N–C) groups is 1. The molecule has 0 aromatic rings. The molecule has 0 bridgehead atoms. The summed E-state index contributed by atoms with van der Waals surface area (Å²) in [6.45, 7) is 0.560. The smallest absolute Gasteiger partial charge is 0.318 e. The summed E-state index contributed by atoms with van der Waals surface area (Å²) in [6, 6.07) is -6.60. The lowest BCUT2D eigenvalue weighted by molar-refractivity contribution is -0.138. The molecule has 17 nitrogen and oxygen atoms in total. The number of aliphatic carboxylic acids is 1. The van der Waals surface area contributed by atoms with Crippen LogP contribution in [0.15, 0.2) is 4.99 Å². The number of carboxylic acid groups (broad SMARTS) is 1. The molecule has 3 unspecified atom stereocenters. The molecule has 1 saturated heterocycles. The highest BCUT2D eigenvalue weighted by Crippen LogP contribution is 2.20. The Balaban J connectivity index is 3.38. The van der Waals surface area contributed by atoms with Crippen molar-refractivity contribution in [2.75, 3.05) is 18.9 Å². The maximum absolute atomic E-state index is 13.1. The number of nitrogens with two attached hydrogens (primary N) is 4. The Bertz CT molecular complexity index is 930. The number of aliphatic hydroxyl groups excluding tert-OH is 1. The van der Waals surface area contributed by atoms with Crippen LogP contribution in [0.5, 0.6) is 0 Å². The van der Waals surface area contributed by atoms with Gasteiger partial charge in [-0.25, -0.2) is 0 Å². The summed E-state index contributed by atoms with van der Waals surface area (Å²) in [7, 11) is 0. The molecule has 0 aromatic carbocycles. The Hall–Kier alpha value is -3.64. The molecule has 1 heterocycles. The fraction of sp³-hybridized carbons (Fsp3) is 0.650. The van der Waals surface area contributed by atoms with E-state index < -0.39 is 84.0 Å². The van der Waals surface area contributed by atoms with Crippen LogP contribution in [0, 0.1) is 0 Å². The molecule has 18 heteroatoms. The first-order valence-electron chi connectivity index (χ1n) is 11.5. The number of hydrogen-bond acceptors (Lipinski definition) is 10. The van der Waals surface area contributed by atoms with Crippen molar-refractivity contribution in [3.63, 3.8) is 0 Å². The van der Waals surface area contributed by atoms with Crippen LogP contribution in [0.3, 0.4) is 0 Å². The lowest BCUT2D eigenvalue weighted by atomic mass is 10.1. The SMILES string of the molecule is C[C@@H]1NC(=O)C(CO)NC(=O)[C@@H](N)CSC(C(=O)O)[C@@H](CCCN=C(N)N)NC(=O)C(CC(N)=O)NC1=O. The summed E-state index contributed by atoms with van der Waals surface area (Å²) >= 11 is 0.750. The van der Waals surface area contributed by atoms with Gasteiger partial charge in [-0.1, -0.05) is 0 Å². The predicted octanol–water partition coefficient (Wildman–Crippen LogP) is -5.61. The van der Waals surface area contributed by atoms with Crippen LogP contribution in [-0.4, -0.2) is 106 Å². The zero-order chi connectivity index (χ0) is 29.0. The molecule has 14 N–H and O–H groups in total. The van der Waals surface area contributed by atoms with Gasteiger partial charge >= 0.3 is 5.97 Å². The molecule has 0 aliphatic carbocycles. The molecule has 5 amide bonds. The number of nitrogens with zero attached hydrogens (tertiary/aromatic N) is 1. The Morgan fingerprint density at radius 2 is 1.58 bits per heavy atom. The molecule has 0 saturated carbocycles. The van der Waals surface area contributed by atoms with Crippen LogP contribution in [0.4, 0.5) is 0 Å². The number of rotatable bonds is 8. The van der Waals surface area contributed by atoms with Gasteiger partial charge in [0, 0.05) is 12.3 Å². The van der Waals surface area contributed by atoms with Crippen molar-refractivity contribution in [2.45, 2.75) is 61.6 Å². The second kappa shape index (κ2) is 15.6. The number of hydrogen-bond donors (Lipinski definition) is 10. The Morgan fingerprint density at radius 3 is 2.13 bits per heavy atom. The van der Waals surface area contributed by atoms with E-state index in [1.54, 1.807) is 0 Å². The van der Waals surface area contributed by atoms with E-state index >= 15 is 0 Å². The minimum Gasteiger partial charge on any atom is -0.480 e. The monoisotopic (exact) mass is 561 g/mol. The number of thioether (sulfide) groups is 1. The van der Waals surface area contributed by atoms with Crippen LogP contribution < -0.4 is 44.2 Å². The van der Waals surface area contributed by atoms with E-state index in [1.165, 1.54) is 6.92 Å². The number of aliphatic hydroxyl groups is 1. The van der Waals surface area contributed by atoms with E-state index in [1.807, 2.05) is 0 Å². The Kier molecular flexibility index (Phi) is 13.3. The average molecular weight is 562 g/mol. The van der Waals surface area contributed by atoms with Gasteiger partial charge in [0.15, 0.2) is 5.96 Å². The fourth-order valence-electron chi connectivity index (χ4n) is 3.30. The van der Waals surface area contributed by atoms with Gasteiger partial charge < -0.3 is 54.4 Å². The van der Waals surface area contributed by atoms with Gasteiger partial charge in [-0.3, -0.25) is 33.8 Å². The van der Waals surface area contributed by atoms with Crippen molar-refractivity contribution in [2.24, 2.45) is 27.9 Å². The average Bonchev–Trinajstić information content (AvgIpc) is 2.82. The number of nitrogens with one attached hydrogen (secondary N) is 4.